The minimum atomic E-state index is -0.144. The Balaban J connectivity index is 2.50. The number of carbonyl (C=O) groups excluding carboxylic acids is 1. The van der Waals surface area contributed by atoms with E-state index in [-0.39, 0.29) is 12.4 Å². The molecule has 0 saturated carbocycles. The van der Waals surface area contributed by atoms with E-state index >= 15 is 0 Å². The van der Waals surface area contributed by atoms with Gasteiger partial charge in [0.05, 0.1) is 11.4 Å². The zero-order valence-electron chi connectivity index (χ0n) is 28.2. The van der Waals surface area contributed by atoms with Crippen molar-refractivity contribution in [3.63, 3.8) is 0 Å². The fourth-order valence-corrected chi connectivity index (χ4v) is 5.60. The van der Waals surface area contributed by atoms with Crippen LogP contribution in [0.4, 0.5) is 0 Å². The van der Waals surface area contributed by atoms with Gasteiger partial charge in [-0.1, -0.05) is 74.3 Å². The summed E-state index contributed by atoms with van der Waals surface area (Å²) in [5, 5.41) is 9.38. The third-order valence-corrected chi connectivity index (χ3v) is 8.42. The number of carbonyl (C=O) groups is 1. The zero-order chi connectivity index (χ0) is 33.0. The molecular formula is C39H53N3O2. The predicted octanol–water partition coefficient (Wildman–Crippen LogP) is 8.63. The summed E-state index contributed by atoms with van der Waals surface area (Å²) in [6, 6.07) is 0. The first-order valence-electron chi connectivity index (χ1n) is 15.6. The van der Waals surface area contributed by atoms with Gasteiger partial charge in [0.1, 0.15) is 0 Å². The van der Waals surface area contributed by atoms with Crippen LogP contribution in [0.25, 0.3) is 0 Å². The van der Waals surface area contributed by atoms with Gasteiger partial charge in [-0.25, -0.2) is 0 Å². The molecule has 2 heterocycles. The van der Waals surface area contributed by atoms with E-state index in [1.165, 1.54) is 5.57 Å². The van der Waals surface area contributed by atoms with Gasteiger partial charge in [-0.05, 0) is 100 Å². The highest BCUT2D eigenvalue weighted by molar-refractivity contribution is 6.20. The molecule has 2 atom stereocenters. The van der Waals surface area contributed by atoms with Crippen molar-refractivity contribution in [1.82, 2.24) is 4.90 Å². The molecule has 1 saturated heterocycles. The Bertz CT molecular complexity index is 1400. The lowest BCUT2D eigenvalue weighted by Crippen LogP contribution is -2.28. The first-order valence-corrected chi connectivity index (χ1v) is 15.6. The van der Waals surface area contributed by atoms with E-state index < -0.39 is 0 Å². The molecule has 0 aromatic heterocycles. The van der Waals surface area contributed by atoms with Crippen LogP contribution in [0.15, 0.2) is 129 Å². The molecule has 2 aliphatic rings. The average molecular weight is 596 g/mol. The van der Waals surface area contributed by atoms with Crippen LogP contribution >= 0.6 is 0 Å². The van der Waals surface area contributed by atoms with Crippen molar-refractivity contribution < 1.29 is 9.90 Å². The lowest BCUT2D eigenvalue weighted by atomic mass is 9.84. The standard InChI is InChI=1S/C39H53N3O2/c1-12-27(5)16-17-28(6)35(26(3)4)23-37(40-11)38-24-39(44)31(9)22-36(41-38)30(8)21-33(13-2)42-19-18-29(7)34(15-14-20-43)32(10)25-42/h12-13,16-17,21,23-24,32,34,43H,1,3,7,9,14-15,18-20,22,25H2,2,4-6,8,10-11H3/b27-16-,28-17-,30-21-,33-13+,35-23-,40-37?/t32-,34?/m1/s1. The number of ketones is 1. The van der Waals surface area contributed by atoms with Gasteiger partial charge in [0, 0.05) is 50.6 Å². The molecule has 0 aliphatic carbocycles. The maximum Gasteiger partial charge on any atom is 0.183 e. The van der Waals surface area contributed by atoms with Gasteiger partial charge < -0.3 is 10.0 Å². The third kappa shape index (κ3) is 10.1. The fraction of sp³-hybridized carbons (Fsp3) is 0.410. The molecule has 0 aromatic carbocycles. The molecule has 0 amide bonds. The van der Waals surface area contributed by atoms with E-state index in [0.29, 0.717) is 35.2 Å². The summed E-state index contributed by atoms with van der Waals surface area (Å²) in [6.45, 7) is 30.9. The van der Waals surface area contributed by atoms with Crippen LogP contribution < -0.4 is 0 Å². The molecular weight excluding hydrogens is 542 g/mol. The van der Waals surface area contributed by atoms with Gasteiger partial charge in [-0.3, -0.25) is 14.8 Å². The Kier molecular flexibility index (Phi) is 14.4. The molecule has 5 nitrogen and oxygen atoms in total. The summed E-state index contributed by atoms with van der Waals surface area (Å²) in [5.41, 5.74) is 9.69. The Morgan fingerprint density at radius 2 is 1.89 bits per heavy atom. The zero-order valence-corrected chi connectivity index (χ0v) is 28.2. The van der Waals surface area contributed by atoms with E-state index in [2.05, 4.69) is 62.2 Å². The number of aliphatic imine (C=N–C) groups is 2. The second-order valence-corrected chi connectivity index (χ2v) is 12.0. The fourth-order valence-electron chi connectivity index (χ4n) is 5.60. The summed E-state index contributed by atoms with van der Waals surface area (Å²) < 4.78 is 0. The molecule has 2 rings (SSSR count). The van der Waals surface area contributed by atoms with Gasteiger partial charge in [-0.2, -0.15) is 0 Å². The third-order valence-electron chi connectivity index (χ3n) is 8.42. The van der Waals surface area contributed by atoms with Crippen molar-refractivity contribution in [1.29, 1.82) is 0 Å². The lowest BCUT2D eigenvalue weighted by Gasteiger charge is -2.28. The molecule has 44 heavy (non-hydrogen) atoms. The predicted molar refractivity (Wildman–Crippen MR) is 190 cm³/mol. The van der Waals surface area contributed by atoms with Crippen LogP contribution in [0.5, 0.6) is 0 Å². The lowest BCUT2D eigenvalue weighted by molar-refractivity contribution is -0.111. The van der Waals surface area contributed by atoms with E-state index in [9.17, 15) is 9.90 Å². The van der Waals surface area contributed by atoms with Crippen molar-refractivity contribution in [2.24, 2.45) is 21.8 Å². The Morgan fingerprint density at radius 3 is 2.48 bits per heavy atom. The number of aliphatic hydroxyl groups excluding tert-OH is 1. The molecule has 1 N–H and O–H groups in total. The Hall–Kier alpha value is -3.83. The van der Waals surface area contributed by atoms with Gasteiger partial charge in [0.25, 0.3) is 0 Å². The highest BCUT2D eigenvalue weighted by Gasteiger charge is 2.27. The maximum absolute atomic E-state index is 13.1. The first kappa shape index (κ1) is 36.4. The molecule has 236 valence electrons. The number of likely N-dealkylation sites (tertiary alicyclic amines) is 1. The van der Waals surface area contributed by atoms with Gasteiger partial charge in [0.2, 0.25) is 0 Å². The van der Waals surface area contributed by atoms with Crippen molar-refractivity contribution in [2.45, 2.75) is 67.2 Å². The number of aliphatic hydroxyl groups is 1. The smallest absolute Gasteiger partial charge is 0.183 e. The maximum atomic E-state index is 13.1. The molecule has 5 heteroatoms. The summed E-state index contributed by atoms with van der Waals surface area (Å²) in [7, 11) is 1.71. The van der Waals surface area contributed by atoms with Crippen molar-refractivity contribution >= 4 is 17.2 Å². The van der Waals surface area contributed by atoms with Crippen LogP contribution in [-0.4, -0.2) is 54.0 Å². The molecule has 1 unspecified atom stereocenters. The monoisotopic (exact) mass is 595 g/mol. The first-order chi connectivity index (χ1) is 20.9. The Labute approximate surface area is 266 Å². The second-order valence-electron chi connectivity index (χ2n) is 12.0. The minimum absolute atomic E-state index is 0.144. The van der Waals surface area contributed by atoms with Crippen LogP contribution in [0, 0.1) is 11.8 Å². The number of rotatable bonds is 12. The average Bonchev–Trinajstić information content (AvgIpc) is 3.23. The highest BCUT2D eigenvalue weighted by atomic mass is 16.2. The largest absolute Gasteiger partial charge is 0.396 e. The molecule has 0 radical (unpaired) electrons. The van der Waals surface area contributed by atoms with E-state index in [0.717, 1.165) is 71.6 Å². The Morgan fingerprint density at radius 1 is 1.18 bits per heavy atom. The molecule has 0 bridgehead atoms. The number of hydrogen-bond donors (Lipinski definition) is 1. The van der Waals surface area contributed by atoms with Gasteiger partial charge in [-0.15, -0.1) is 0 Å². The SMILES string of the molecule is C=C\C(C)=C/C=C(C)\C(=C/C(=NC)C1=CC(=O)C(=C)CC(/C(C)=C\C(=C/C)N2CCC(=C)C(CCCO)[C@H](C)C2)=N1)C(=C)C. The summed E-state index contributed by atoms with van der Waals surface area (Å²) in [6.07, 6.45) is 16.7. The normalized spacial score (nSPS) is 22.0. The highest BCUT2D eigenvalue weighted by Crippen LogP contribution is 2.32. The molecule has 2 aliphatic heterocycles. The minimum Gasteiger partial charge on any atom is -0.396 e. The molecule has 0 spiro atoms. The summed E-state index contributed by atoms with van der Waals surface area (Å²) in [4.78, 5) is 25.1. The molecule has 1 fully saturated rings. The van der Waals surface area contributed by atoms with E-state index in [1.807, 2.05) is 52.0 Å². The number of hydrogen-bond acceptors (Lipinski definition) is 5. The van der Waals surface area contributed by atoms with Crippen molar-refractivity contribution in [3.8, 4) is 0 Å². The summed E-state index contributed by atoms with van der Waals surface area (Å²) >= 11 is 0. The topological polar surface area (TPSA) is 65.3 Å². The number of allylic oxidation sites excluding steroid dienone is 13. The van der Waals surface area contributed by atoms with E-state index in [1.54, 1.807) is 13.1 Å². The van der Waals surface area contributed by atoms with Crippen molar-refractivity contribution in [2.75, 3.05) is 26.7 Å². The van der Waals surface area contributed by atoms with E-state index in [4.69, 9.17) is 4.99 Å². The van der Waals surface area contributed by atoms with Crippen LogP contribution in [0.2, 0.25) is 0 Å². The summed E-state index contributed by atoms with van der Waals surface area (Å²) in [5.74, 6) is 0.691. The number of nitrogens with zero attached hydrogens (tertiary/aromatic N) is 3. The van der Waals surface area contributed by atoms with Gasteiger partial charge >= 0.3 is 0 Å². The van der Waals surface area contributed by atoms with Crippen molar-refractivity contribution in [3.05, 3.63) is 119 Å². The van der Waals surface area contributed by atoms with Crippen LogP contribution in [0.3, 0.4) is 0 Å². The molecule has 0 aromatic rings. The van der Waals surface area contributed by atoms with Crippen LogP contribution in [0.1, 0.15) is 67.2 Å². The van der Waals surface area contributed by atoms with Gasteiger partial charge in [0.15, 0.2) is 5.78 Å². The second kappa shape index (κ2) is 17.5. The quantitative estimate of drug-likeness (QED) is 0.106. The van der Waals surface area contributed by atoms with Crippen LogP contribution in [-0.2, 0) is 4.79 Å².